The maximum Gasteiger partial charge on any atom is 0.335 e. The van der Waals surface area contributed by atoms with E-state index in [0.717, 1.165) is 14.3 Å². The standard InChI is InChI=1S/C20H12ClFN2O3S/c1-10-9-15-18(28-10)17(11-5-7-12(8-6-11)20(26)27)23-24(15)19(25)16-13(21)3-2-4-14(16)22/h2-9H,1H3,(H,26,27). The lowest BCUT2D eigenvalue weighted by molar-refractivity contribution is 0.0696. The van der Waals surface area contributed by atoms with Crippen molar-refractivity contribution >= 4 is 45.0 Å². The molecule has 2 heterocycles. The van der Waals surface area contributed by atoms with Crippen LogP contribution in [0.25, 0.3) is 21.5 Å². The fourth-order valence-corrected chi connectivity index (χ4v) is 4.19. The number of hydrogen-bond donors (Lipinski definition) is 1. The summed E-state index contributed by atoms with van der Waals surface area (Å²) < 4.78 is 16.1. The third-order valence-electron chi connectivity index (χ3n) is 4.25. The van der Waals surface area contributed by atoms with E-state index in [2.05, 4.69) is 5.10 Å². The number of aromatic carboxylic acids is 1. The van der Waals surface area contributed by atoms with Crippen molar-refractivity contribution in [3.8, 4) is 11.3 Å². The molecule has 0 atom stereocenters. The quantitative estimate of drug-likeness (QED) is 0.496. The molecule has 0 aliphatic rings. The van der Waals surface area contributed by atoms with Crippen molar-refractivity contribution in [2.45, 2.75) is 6.92 Å². The molecule has 0 bridgehead atoms. The van der Waals surface area contributed by atoms with E-state index in [4.69, 9.17) is 16.7 Å². The Balaban J connectivity index is 1.89. The van der Waals surface area contributed by atoms with Gasteiger partial charge in [0.2, 0.25) is 0 Å². The van der Waals surface area contributed by atoms with Crippen LogP contribution in [0.3, 0.4) is 0 Å². The van der Waals surface area contributed by atoms with Crippen LogP contribution < -0.4 is 0 Å². The zero-order valence-electron chi connectivity index (χ0n) is 14.4. The Morgan fingerprint density at radius 3 is 2.54 bits per heavy atom. The molecule has 0 amide bonds. The molecule has 28 heavy (non-hydrogen) atoms. The minimum atomic E-state index is -1.03. The van der Waals surface area contributed by atoms with E-state index < -0.39 is 17.7 Å². The number of carbonyl (C=O) groups excluding carboxylic acids is 1. The molecular weight excluding hydrogens is 403 g/mol. The number of benzene rings is 2. The van der Waals surface area contributed by atoms with Crippen molar-refractivity contribution in [2.75, 3.05) is 0 Å². The second-order valence-electron chi connectivity index (χ2n) is 6.12. The van der Waals surface area contributed by atoms with Gasteiger partial charge < -0.3 is 5.11 Å². The number of rotatable bonds is 3. The van der Waals surface area contributed by atoms with Crippen molar-refractivity contribution in [3.05, 3.63) is 75.4 Å². The van der Waals surface area contributed by atoms with E-state index in [9.17, 15) is 14.0 Å². The van der Waals surface area contributed by atoms with Gasteiger partial charge in [0.15, 0.2) is 0 Å². The molecule has 8 heteroatoms. The Bertz CT molecular complexity index is 1220. The molecule has 0 saturated carbocycles. The largest absolute Gasteiger partial charge is 0.478 e. The monoisotopic (exact) mass is 414 g/mol. The number of carboxylic acids is 1. The first-order valence-electron chi connectivity index (χ1n) is 8.18. The molecule has 2 aromatic carbocycles. The van der Waals surface area contributed by atoms with Crippen LogP contribution in [0.5, 0.6) is 0 Å². The molecule has 0 unspecified atom stereocenters. The molecule has 4 rings (SSSR count). The van der Waals surface area contributed by atoms with Gasteiger partial charge in [-0.1, -0.05) is 29.8 Å². The van der Waals surface area contributed by atoms with Crippen LogP contribution in [0.15, 0.2) is 48.5 Å². The second-order valence-corrected chi connectivity index (χ2v) is 7.78. The van der Waals surface area contributed by atoms with E-state index in [1.165, 1.54) is 41.7 Å². The fourth-order valence-electron chi connectivity index (χ4n) is 2.95. The first-order chi connectivity index (χ1) is 13.4. The lowest BCUT2D eigenvalue weighted by Crippen LogP contribution is -2.15. The highest BCUT2D eigenvalue weighted by Crippen LogP contribution is 2.35. The summed E-state index contributed by atoms with van der Waals surface area (Å²) in [6, 6.07) is 12.0. The number of aromatic nitrogens is 2. The molecule has 0 spiro atoms. The Kier molecular flexibility index (Phi) is 4.49. The normalized spacial score (nSPS) is 11.1. The highest BCUT2D eigenvalue weighted by atomic mass is 35.5. The van der Waals surface area contributed by atoms with Crippen LogP contribution >= 0.6 is 22.9 Å². The molecule has 0 saturated heterocycles. The van der Waals surface area contributed by atoms with Gasteiger partial charge in [-0.3, -0.25) is 4.79 Å². The van der Waals surface area contributed by atoms with Crippen molar-refractivity contribution in [2.24, 2.45) is 0 Å². The summed E-state index contributed by atoms with van der Waals surface area (Å²) in [4.78, 5) is 25.0. The van der Waals surface area contributed by atoms with Gasteiger partial charge in [0.05, 0.1) is 26.4 Å². The molecule has 140 valence electrons. The van der Waals surface area contributed by atoms with Crippen molar-refractivity contribution in [1.29, 1.82) is 0 Å². The molecule has 0 aliphatic heterocycles. The Morgan fingerprint density at radius 1 is 1.18 bits per heavy atom. The lowest BCUT2D eigenvalue weighted by atomic mass is 10.1. The van der Waals surface area contributed by atoms with Gasteiger partial charge in [0.25, 0.3) is 5.91 Å². The third-order valence-corrected chi connectivity index (χ3v) is 5.61. The molecule has 0 fully saturated rings. The summed E-state index contributed by atoms with van der Waals surface area (Å²) in [6.45, 7) is 1.90. The SMILES string of the molecule is Cc1cc2c(s1)c(-c1ccc(C(=O)O)cc1)nn2C(=O)c1c(F)cccc1Cl. The summed E-state index contributed by atoms with van der Waals surface area (Å²) in [5, 5.41) is 13.5. The van der Waals surface area contributed by atoms with Gasteiger partial charge in [0.1, 0.15) is 11.5 Å². The number of hydrogen-bond acceptors (Lipinski definition) is 4. The van der Waals surface area contributed by atoms with Crippen LogP contribution in [0, 0.1) is 12.7 Å². The van der Waals surface area contributed by atoms with Crippen molar-refractivity contribution in [3.63, 3.8) is 0 Å². The summed E-state index contributed by atoms with van der Waals surface area (Å²) in [5.41, 5.74) is 1.62. The number of thiophene rings is 1. The molecular formula is C20H12ClFN2O3S. The minimum absolute atomic E-state index is 0.00737. The Labute approximate surface area is 167 Å². The first-order valence-corrected chi connectivity index (χ1v) is 9.38. The fraction of sp³-hybridized carbons (Fsp3) is 0.0500. The topological polar surface area (TPSA) is 72.2 Å². The van der Waals surface area contributed by atoms with Gasteiger partial charge in [-0.2, -0.15) is 9.78 Å². The van der Waals surface area contributed by atoms with Gasteiger partial charge in [0, 0.05) is 10.4 Å². The predicted octanol–water partition coefficient (Wildman–Crippen LogP) is 5.25. The number of carbonyl (C=O) groups is 2. The first kappa shape index (κ1) is 18.3. The zero-order chi connectivity index (χ0) is 20.0. The van der Waals surface area contributed by atoms with Crippen molar-refractivity contribution in [1.82, 2.24) is 9.78 Å². The number of nitrogens with zero attached hydrogens (tertiary/aromatic N) is 2. The highest BCUT2D eigenvalue weighted by molar-refractivity contribution is 7.19. The molecule has 0 radical (unpaired) electrons. The summed E-state index contributed by atoms with van der Waals surface area (Å²) in [6.07, 6.45) is 0. The lowest BCUT2D eigenvalue weighted by Gasteiger charge is -2.05. The Morgan fingerprint density at radius 2 is 1.89 bits per heavy atom. The van der Waals surface area contributed by atoms with E-state index in [-0.39, 0.29) is 16.1 Å². The van der Waals surface area contributed by atoms with E-state index in [1.807, 2.05) is 6.92 Å². The Hall–Kier alpha value is -3.03. The third kappa shape index (κ3) is 2.98. The molecule has 2 aromatic heterocycles. The van der Waals surface area contributed by atoms with Crippen LogP contribution in [-0.4, -0.2) is 26.8 Å². The smallest absolute Gasteiger partial charge is 0.335 e. The van der Waals surface area contributed by atoms with Crippen molar-refractivity contribution < 1.29 is 19.1 Å². The summed E-state index contributed by atoms with van der Waals surface area (Å²) >= 11 is 7.49. The van der Waals surface area contributed by atoms with Gasteiger partial charge >= 0.3 is 5.97 Å². The van der Waals surface area contributed by atoms with Gasteiger partial charge in [-0.25, -0.2) is 9.18 Å². The summed E-state index contributed by atoms with van der Waals surface area (Å²) in [7, 11) is 0. The average Bonchev–Trinajstić information content (AvgIpc) is 3.19. The van der Waals surface area contributed by atoms with Gasteiger partial charge in [-0.15, -0.1) is 11.3 Å². The average molecular weight is 415 g/mol. The van der Waals surface area contributed by atoms with E-state index in [0.29, 0.717) is 16.8 Å². The number of fused-ring (bicyclic) bond motifs is 1. The number of carboxylic acid groups (broad SMARTS) is 1. The minimum Gasteiger partial charge on any atom is -0.478 e. The van der Waals surface area contributed by atoms with E-state index in [1.54, 1.807) is 18.2 Å². The second kappa shape index (κ2) is 6.85. The zero-order valence-corrected chi connectivity index (χ0v) is 16.0. The van der Waals surface area contributed by atoms with Crippen LogP contribution in [-0.2, 0) is 0 Å². The maximum absolute atomic E-state index is 14.2. The highest BCUT2D eigenvalue weighted by Gasteiger charge is 2.24. The summed E-state index contributed by atoms with van der Waals surface area (Å²) in [5.74, 6) is -2.42. The number of aryl methyl sites for hydroxylation is 1. The van der Waals surface area contributed by atoms with Crippen LogP contribution in [0.2, 0.25) is 5.02 Å². The van der Waals surface area contributed by atoms with Crippen LogP contribution in [0.1, 0.15) is 25.6 Å². The maximum atomic E-state index is 14.2. The van der Waals surface area contributed by atoms with Gasteiger partial charge in [-0.05, 0) is 37.3 Å². The predicted molar refractivity (Wildman–Crippen MR) is 106 cm³/mol. The molecule has 0 aliphatic carbocycles. The van der Waals surface area contributed by atoms with E-state index >= 15 is 0 Å². The number of halogens is 2. The molecule has 4 aromatic rings. The molecule has 5 nitrogen and oxygen atoms in total. The molecule has 1 N–H and O–H groups in total. The van der Waals surface area contributed by atoms with Crippen LogP contribution in [0.4, 0.5) is 4.39 Å².